The van der Waals surface area contributed by atoms with Crippen molar-refractivity contribution in [1.82, 2.24) is 5.32 Å². The number of carboxylic acids is 1. The van der Waals surface area contributed by atoms with E-state index < -0.39 is 18.0 Å². The summed E-state index contributed by atoms with van der Waals surface area (Å²) in [7, 11) is 0. The molecule has 6 heteroatoms. The van der Waals surface area contributed by atoms with Crippen LogP contribution in [-0.4, -0.2) is 23.1 Å². The number of aliphatic carboxylic acids is 1. The second kappa shape index (κ2) is 5.67. The smallest absolute Gasteiger partial charge is 0.325 e. The van der Waals surface area contributed by atoms with Crippen molar-refractivity contribution in [3.8, 4) is 0 Å². The van der Waals surface area contributed by atoms with Gasteiger partial charge in [-0.05, 0) is 37.6 Å². The van der Waals surface area contributed by atoms with Crippen LogP contribution in [0.15, 0.2) is 22.7 Å². The highest BCUT2D eigenvalue weighted by Gasteiger charge is 2.13. The van der Waals surface area contributed by atoms with E-state index in [-0.39, 0.29) is 0 Å². The number of hydrogen-bond donors (Lipinski definition) is 3. The monoisotopic (exact) mass is 300 g/mol. The molecule has 1 atom stereocenters. The first-order valence-electron chi connectivity index (χ1n) is 4.96. The van der Waals surface area contributed by atoms with Crippen molar-refractivity contribution >= 4 is 33.6 Å². The molecule has 0 aromatic heterocycles. The first kappa shape index (κ1) is 13.5. The quantitative estimate of drug-likeness (QED) is 0.802. The van der Waals surface area contributed by atoms with E-state index in [0.29, 0.717) is 5.69 Å². The van der Waals surface area contributed by atoms with Crippen LogP contribution in [-0.2, 0) is 4.79 Å². The lowest BCUT2D eigenvalue weighted by atomic mass is 10.2. The topological polar surface area (TPSA) is 78.4 Å². The Kier molecular flexibility index (Phi) is 4.51. The first-order chi connectivity index (χ1) is 7.90. The molecule has 0 saturated heterocycles. The zero-order valence-electron chi connectivity index (χ0n) is 9.45. The minimum Gasteiger partial charge on any atom is -0.480 e. The Morgan fingerprint density at radius 2 is 2.06 bits per heavy atom. The van der Waals surface area contributed by atoms with E-state index >= 15 is 0 Å². The third kappa shape index (κ3) is 4.07. The highest BCUT2D eigenvalue weighted by atomic mass is 79.9. The van der Waals surface area contributed by atoms with Gasteiger partial charge in [0.25, 0.3) is 0 Å². The molecule has 1 unspecified atom stereocenters. The van der Waals surface area contributed by atoms with Gasteiger partial charge in [-0.2, -0.15) is 0 Å². The summed E-state index contributed by atoms with van der Waals surface area (Å²) in [5, 5.41) is 13.5. The molecule has 0 aliphatic heterocycles. The summed E-state index contributed by atoms with van der Waals surface area (Å²) < 4.78 is 0.947. The molecule has 5 nitrogen and oxygen atoms in total. The molecular weight excluding hydrogens is 288 g/mol. The lowest BCUT2D eigenvalue weighted by Crippen LogP contribution is -2.40. The standard InChI is InChI=1S/C11H13BrN2O3/c1-6-5-8(3-4-9(6)12)14-11(17)13-7(2)10(15)16/h3-5,7H,1-2H3,(H,15,16)(H2,13,14,17). The maximum Gasteiger partial charge on any atom is 0.325 e. The molecule has 92 valence electrons. The van der Waals surface area contributed by atoms with Crippen molar-refractivity contribution in [3.05, 3.63) is 28.2 Å². The SMILES string of the molecule is Cc1cc(NC(=O)NC(C)C(=O)O)ccc1Br. The number of aryl methyl sites for hydroxylation is 1. The number of rotatable bonds is 3. The van der Waals surface area contributed by atoms with Gasteiger partial charge >= 0.3 is 12.0 Å². The van der Waals surface area contributed by atoms with Crippen LogP contribution in [0.2, 0.25) is 0 Å². The van der Waals surface area contributed by atoms with Crippen molar-refractivity contribution in [2.24, 2.45) is 0 Å². The van der Waals surface area contributed by atoms with Crippen LogP contribution in [0.25, 0.3) is 0 Å². The zero-order valence-corrected chi connectivity index (χ0v) is 11.0. The Bertz CT molecular complexity index is 448. The van der Waals surface area contributed by atoms with Gasteiger partial charge in [0.15, 0.2) is 0 Å². The second-order valence-corrected chi connectivity index (χ2v) is 4.48. The summed E-state index contributed by atoms with van der Waals surface area (Å²) in [5.74, 6) is -1.08. The predicted octanol–water partition coefficient (Wildman–Crippen LogP) is 2.35. The van der Waals surface area contributed by atoms with Crippen molar-refractivity contribution in [2.45, 2.75) is 19.9 Å². The Labute approximate surface area is 107 Å². The average Bonchev–Trinajstić information content (AvgIpc) is 2.23. The molecule has 0 heterocycles. The summed E-state index contributed by atoms with van der Waals surface area (Å²) in [6, 6.07) is 3.86. The third-order valence-corrected chi connectivity index (χ3v) is 3.02. The molecule has 1 aromatic rings. The minimum absolute atomic E-state index is 0.540. The van der Waals surface area contributed by atoms with E-state index in [1.165, 1.54) is 6.92 Å². The lowest BCUT2D eigenvalue weighted by molar-refractivity contribution is -0.138. The zero-order chi connectivity index (χ0) is 13.0. The summed E-state index contributed by atoms with van der Waals surface area (Å²) >= 11 is 3.35. The number of amides is 2. The van der Waals surface area contributed by atoms with Crippen LogP contribution in [0.3, 0.4) is 0 Å². The van der Waals surface area contributed by atoms with Crippen molar-refractivity contribution in [1.29, 1.82) is 0 Å². The fraction of sp³-hybridized carbons (Fsp3) is 0.273. The van der Waals surface area contributed by atoms with Gasteiger partial charge in [0.2, 0.25) is 0 Å². The Balaban J connectivity index is 2.62. The molecule has 0 fully saturated rings. The Morgan fingerprint density at radius 1 is 1.41 bits per heavy atom. The predicted molar refractivity (Wildman–Crippen MR) is 68.1 cm³/mol. The maximum atomic E-state index is 11.4. The lowest BCUT2D eigenvalue weighted by Gasteiger charge is -2.11. The number of hydrogen-bond acceptors (Lipinski definition) is 2. The van der Waals surface area contributed by atoms with Gasteiger partial charge in [0.05, 0.1) is 0 Å². The number of urea groups is 1. The number of halogens is 1. The molecule has 0 saturated carbocycles. The number of carboxylic acid groups (broad SMARTS) is 1. The Morgan fingerprint density at radius 3 is 2.59 bits per heavy atom. The number of benzene rings is 1. The molecule has 1 aromatic carbocycles. The highest BCUT2D eigenvalue weighted by Crippen LogP contribution is 2.19. The number of carbonyl (C=O) groups excluding carboxylic acids is 1. The highest BCUT2D eigenvalue weighted by molar-refractivity contribution is 9.10. The van der Waals surface area contributed by atoms with Gasteiger partial charge in [0, 0.05) is 10.2 Å². The van der Waals surface area contributed by atoms with Crippen LogP contribution in [0.1, 0.15) is 12.5 Å². The summed E-state index contributed by atoms with van der Waals surface area (Å²) in [5.41, 5.74) is 1.59. The molecule has 0 radical (unpaired) electrons. The van der Waals surface area contributed by atoms with Gasteiger partial charge in [-0.15, -0.1) is 0 Å². The normalized spacial score (nSPS) is 11.7. The third-order valence-electron chi connectivity index (χ3n) is 2.13. The summed E-state index contributed by atoms with van der Waals surface area (Å²) in [6.45, 7) is 3.29. The van der Waals surface area contributed by atoms with E-state index in [2.05, 4.69) is 26.6 Å². The van der Waals surface area contributed by atoms with Crippen LogP contribution < -0.4 is 10.6 Å². The fourth-order valence-electron chi connectivity index (χ4n) is 1.15. The molecule has 2 amide bonds. The average molecular weight is 301 g/mol. The Hall–Kier alpha value is -1.56. The van der Waals surface area contributed by atoms with Gasteiger partial charge in [-0.1, -0.05) is 15.9 Å². The van der Waals surface area contributed by atoms with Crippen molar-refractivity contribution in [2.75, 3.05) is 5.32 Å². The van der Waals surface area contributed by atoms with Gasteiger partial charge in [0.1, 0.15) is 6.04 Å². The number of nitrogens with one attached hydrogen (secondary N) is 2. The molecule has 3 N–H and O–H groups in total. The van der Waals surface area contributed by atoms with Gasteiger partial charge in [-0.3, -0.25) is 4.79 Å². The van der Waals surface area contributed by atoms with Crippen molar-refractivity contribution < 1.29 is 14.7 Å². The van der Waals surface area contributed by atoms with E-state index in [1.807, 2.05) is 13.0 Å². The number of anilines is 1. The van der Waals surface area contributed by atoms with Crippen molar-refractivity contribution in [3.63, 3.8) is 0 Å². The molecule has 0 bridgehead atoms. The van der Waals surface area contributed by atoms with Crippen LogP contribution in [0, 0.1) is 6.92 Å². The fourth-order valence-corrected chi connectivity index (χ4v) is 1.39. The van der Waals surface area contributed by atoms with E-state index in [1.54, 1.807) is 12.1 Å². The molecule has 0 aliphatic rings. The van der Waals surface area contributed by atoms with Gasteiger partial charge in [-0.25, -0.2) is 4.79 Å². The molecule has 1 rings (SSSR count). The van der Waals surface area contributed by atoms with Gasteiger partial charge < -0.3 is 15.7 Å². The largest absolute Gasteiger partial charge is 0.480 e. The second-order valence-electron chi connectivity index (χ2n) is 3.62. The van der Waals surface area contributed by atoms with E-state index in [4.69, 9.17) is 5.11 Å². The van der Waals surface area contributed by atoms with Crippen LogP contribution >= 0.6 is 15.9 Å². The summed E-state index contributed by atoms with van der Waals surface area (Å²) in [6.07, 6.45) is 0. The number of carbonyl (C=O) groups is 2. The van der Waals surface area contributed by atoms with Crippen LogP contribution in [0.4, 0.5) is 10.5 Å². The maximum absolute atomic E-state index is 11.4. The molecule has 0 aliphatic carbocycles. The molecule has 0 spiro atoms. The van der Waals surface area contributed by atoms with E-state index in [9.17, 15) is 9.59 Å². The summed E-state index contributed by atoms with van der Waals surface area (Å²) in [4.78, 5) is 22.0. The van der Waals surface area contributed by atoms with E-state index in [0.717, 1.165) is 10.0 Å². The molecule has 17 heavy (non-hydrogen) atoms. The minimum atomic E-state index is -1.08. The first-order valence-corrected chi connectivity index (χ1v) is 5.76. The molecular formula is C11H13BrN2O3. The van der Waals surface area contributed by atoms with Crippen LogP contribution in [0.5, 0.6) is 0 Å².